The molecule has 0 unspecified atom stereocenters. The molecule has 1 saturated heterocycles. The van der Waals surface area contributed by atoms with Crippen LogP contribution in [-0.2, 0) is 4.79 Å². The maximum absolute atomic E-state index is 12.1. The molecule has 104 valence electrons. The maximum atomic E-state index is 12.1. The zero-order valence-electron chi connectivity index (χ0n) is 10.5. The van der Waals surface area contributed by atoms with Gasteiger partial charge in [0.05, 0.1) is 5.00 Å². The minimum absolute atomic E-state index is 0.0801. The Labute approximate surface area is 123 Å². The summed E-state index contributed by atoms with van der Waals surface area (Å²) in [6, 6.07) is 3.46. The van der Waals surface area contributed by atoms with E-state index in [9.17, 15) is 9.59 Å². The highest BCUT2D eigenvalue weighted by molar-refractivity contribution is 7.14. The number of hydrogen-bond acceptors (Lipinski definition) is 5. The van der Waals surface area contributed by atoms with Crippen molar-refractivity contribution in [2.75, 3.05) is 29.9 Å². The molecule has 0 spiro atoms. The van der Waals surface area contributed by atoms with Crippen LogP contribution >= 0.6 is 22.7 Å². The van der Waals surface area contributed by atoms with Crippen molar-refractivity contribution >= 4 is 44.7 Å². The lowest BCUT2D eigenvalue weighted by Crippen LogP contribution is -2.53. The molecular formula is C12H12N4O2S2. The summed E-state index contributed by atoms with van der Waals surface area (Å²) < 4.78 is 0. The fourth-order valence-corrected chi connectivity index (χ4v) is 3.22. The number of rotatable bonds is 2. The largest absolute Gasteiger partial charge is 0.322 e. The number of carbonyl (C=O) groups excluding carboxylic acids is 2. The minimum Gasteiger partial charge on any atom is -0.313 e. The monoisotopic (exact) mass is 308 g/mol. The summed E-state index contributed by atoms with van der Waals surface area (Å²) in [4.78, 5) is 31.4. The molecule has 8 heteroatoms. The fourth-order valence-electron chi connectivity index (χ4n) is 1.93. The average molecular weight is 308 g/mol. The number of urea groups is 1. The van der Waals surface area contributed by atoms with Crippen molar-refractivity contribution in [1.29, 1.82) is 0 Å². The molecule has 2 aromatic heterocycles. The third-order valence-corrected chi connectivity index (χ3v) is 4.49. The van der Waals surface area contributed by atoms with Crippen LogP contribution < -0.4 is 10.2 Å². The lowest BCUT2D eigenvalue weighted by atomic mass is 10.3. The van der Waals surface area contributed by atoms with E-state index in [0.717, 1.165) is 5.00 Å². The van der Waals surface area contributed by atoms with Crippen LogP contribution in [-0.4, -0.2) is 41.5 Å². The topological polar surface area (TPSA) is 65.5 Å². The third kappa shape index (κ3) is 2.66. The van der Waals surface area contributed by atoms with E-state index < -0.39 is 0 Å². The lowest BCUT2D eigenvalue weighted by molar-refractivity contribution is -0.120. The first-order valence-corrected chi connectivity index (χ1v) is 7.79. The molecule has 3 heterocycles. The van der Waals surface area contributed by atoms with Gasteiger partial charge in [0.1, 0.15) is 6.54 Å². The molecule has 0 aromatic carbocycles. The molecule has 1 N–H and O–H groups in total. The number of thiophene rings is 1. The van der Waals surface area contributed by atoms with Crippen molar-refractivity contribution in [1.82, 2.24) is 9.88 Å². The van der Waals surface area contributed by atoms with Crippen LogP contribution in [0.3, 0.4) is 0 Å². The van der Waals surface area contributed by atoms with E-state index in [1.165, 1.54) is 27.6 Å². The Morgan fingerprint density at radius 2 is 2.20 bits per heavy atom. The van der Waals surface area contributed by atoms with E-state index in [4.69, 9.17) is 0 Å². The molecule has 3 amide bonds. The second-order valence-corrected chi connectivity index (χ2v) is 6.01. The summed E-state index contributed by atoms with van der Waals surface area (Å²) >= 11 is 2.88. The zero-order valence-corrected chi connectivity index (χ0v) is 12.1. The number of thiazole rings is 1. The second kappa shape index (κ2) is 5.59. The molecule has 20 heavy (non-hydrogen) atoms. The van der Waals surface area contributed by atoms with Gasteiger partial charge in [-0.05, 0) is 17.5 Å². The van der Waals surface area contributed by atoms with Crippen molar-refractivity contribution < 1.29 is 9.59 Å². The van der Waals surface area contributed by atoms with Gasteiger partial charge in [0.25, 0.3) is 0 Å². The van der Waals surface area contributed by atoms with Crippen molar-refractivity contribution in [3.8, 4) is 0 Å². The summed E-state index contributed by atoms with van der Waals surface area (Å²) in [5, 5.41) is 7.98. The molecule has 0 radical (unpaired) electrons. The molecule has 0 aliphatic carbocycles. The van der Waals surface area contributed by atoms with Gasteiger partial charge in [0, 0.05) is 24.7 Å². The maximum Gasteiger partial charge on any atom is 0.322 e. The highest BCUT2D eigenvalue weighted by Crippen LogP contribution is 2.20. The molecule has 0 bridgehead atoms. The Morgan fingerprint density at radius 1 is 1.30 bits per heavy atom. The Kier molecular flexibility index (Phi) is 3.66. The Hall–Kier alpha value is -1.93. The predicted octanol–water partition coefficient (Wildman–Crippen LogP) is 2.09. The Bertz CT molecular complexity index is 595. The normalized spacial score (nSPS) is 15.5. The average Bonchev–Trinajstić information content (AvgIpc) is 3.11. The number of hydrogen-bond donors (Lipinski definition) is 1. The van der Waals surface area contributed by atoms with E-state index in [2.05, 4.69) is 10.3 Å². The first-order chi connectivity index (χ1) is 9.74. The van der Waals surface area contributed by atoms with Crippen molar-refractivity contribution in [3.63, 3.8) is 0 Å². The molecule has 1 fully saturated rings. The van der Waals surface area contributed by atoms with Gasteiger partial charge >= 0.3 is 6.03 Å². The van der Waals surface area contributed by atoms with E-state index in [0.29, 0.717) is 18.2 Å². The highest BCUT2D eigenvalue weighted by Gasteiger charge is 2.29. The van der Waals surface area contributed by atoms with Crippen LogP contribution in [0.2, 0.25) is 0 Å². The third-order valence-electron chi connectivity index (χ3n) is 2.91. The van der Waals surface area contributed by atoms with E-state index >= 15 is 0 Å². The zero-order chi connectivity index (χ0) is 13.9. The summed E-state index contributed by atoms with van der Waals surface area (Å²) in [6.07, 6.45) is 1.67. The number of carbonyl (C=O) groups is 2. The SMILES string of the molecule is O=C(Nc1cccs1)N1CCN(c2nccs2)C(=O)C1. The molecule has 6 nitrogen and oxygen atoms in total. The van der Waals surface area contributed by atoms with Gasteiger partial charge in [-0.25, -0.2) is 9.78 Å². The van der Waals surface area contributed by atoms with Crippen LogP contribution in [0.1, 0.15) is 0 Å². The van der Waals surface area contributed by atoms with E-state index in [1.807, 2.05) is 22.9 Å². The van der Waals surface area contributed by atoms with Crippen LogP contribution in [0.4, 0.5) is 14.9 Å². The van der Waals surface area contributed by atoms with Gasteiger partial charge in [0.2, 0.25) is 5.91 Å². The predicted molar refractivity (Wildman–Crippen MR) is 79.4 cm³/mol. The van der Waals surface area contributed by atoms with Gasteiger partial charge in [-0.1, -0.05) is 0 Å². The lowest BCUT2D eigenvalue weighted by Gasteiger charge is -2.32. The van der Waals surface area contributed by atoms with Crippen LogP contribution in [0, 0.1) is 0 Å². The summed E-state index contributed by atoms with van der Waals surface area (Å²) in [6.45, 7) is 1.06. The number of amides is 3. The van der Waals surface area contributed by atoms with Gasteiger partial charge in [-0.15, -0.1) is 22.7 Å². The van der Waals surface area contributed by atoms with Gasteiger partial charge in [-0.3, -0.25) is 15.0 Å². The van der Waals surface area contributed by atoms with Crippen molar-refractivity contribution in [2.45, 2.75) is 0 Å². The van der Waals surface area contributed by atoms with E-state index in [-0.39, 0.29) is 18.5 Å². The Morgan fingerprint density at radius 3 is 2.85 bits per heavy atom. The summed E-state index contributed by atoms with van der Waals surface area (Å²) in [5.41, 5.74) is 0. The summed E-state index contributed by atoms with van der Waals surface area (Å²) in [5.74, 6) is -0.104. The van der Waals surface area contributed by atoms with Crippen molar-refractivity contribution in [2.24, 2.45) is 0 Å². The molecule has 3 rings (SSSR count). The molecular weight excluding hydrogens is 296 g/mol. The van der Waals surface area contributed by atoms with Gasteiger partial charge in [-0.2, -0.15) is 0 Å². The molecule has 0 atom stereocenters. The number of aromatic nitrogens is 1. The van der Waals surface area contributed by atoms with Crippen LogP contribution in [0.15, 0.2) is 29.1 Å². The standard InChI is InChI=1S/C12H12N4O2S2/c17-10-8-15(11(18)14-9-2-1-6-19-9)4-5-16(10)12-13-3-7-20-12/h1-3,6-7H,4-5,8H2,(H,14,18). The first-order valence-electron chi connectivity index (χ1n) is 6.03. The van der Waals surface area contributed by atoms with Gasteiger partial charge in [0.15, 0.2) is 5.13 Å². The van der Waals surface area contributed by atoms with Gasteiger partial charge < -0.3 is 4.90 Å². The van der Waals surface area contributed by atoms with Crippen molar-refractivity contribution in [3.05, 3.63) is 29.1 Å². The first kappa shape index (κ1) is 13.1. The summed E-state index contributed by atoms with van der Waals surface area (Å²) in [7, 11) is 0. The number of nitrogens with one attached hydrogen (secondary N) is 1. The smallest absolute Gasteiger partial charge is 0.313 e. The van der Waals surface area contributed by atoms with Crippen LogP contribution in [0.5, 0.6) is 0 Å². The van der Waals surface area contributed by atoms with Crippen LogP contribution in [0.25, 0.3) is 0 Å². The quantitative estimate of drug-likeness (QED) is 0.924. The number of nitrogens with zero attached hydrogens (tertiary/aromatic N) is 3. The molecule has 2 aromatic rings. The second-order valence-electron chi connectivity index (χ2n) is 4.19. The number of piperazine rings is 1. The molecule has 1 aliphatic heterocycles. The molecule has 1 aliphatic rings. The minimum atomic E-state index is -0.236. The van der Waals surface area contributed by atoms with E-state index in [1.54, 1.807) is 11.1 Å². The molecule has 0 saturated carbocycles. The fraction of sp³-hybridized carbons (Fsp3) is 0.250. The number of anilines is 2. The Balaban J connectivity index is 1.62. The highest BCUT2D eigenvalue weighted by atomic mass is 32.1.